The number of hydrogen-bond acceptors (Lipinski definition) is 2. The molecule has 14 rings (SSSR count). The Morgan fingerprint density at radius 3 is 1.81 bits per heavy atom. The second-order valence-corrected chi connectivity index (χ2v) is 16.1. The summed E-state index contributed by atoms with van der Waals surface area (Å²) in [4.78, 5) is 2.39. The molecular weight excluding hydrogens is 719 g/mol. The van der Waals surface area contributed by atoms with Crippen molar-refractivity contribution in [2.24, 2.45) is 0 Å². The van der Waals surface area contributed by atoms with E-state index in [1.807, 2.05) is 0 Å². The van der Waals surface area contributed by atoms with Crippen molar-refractivity contribution in [1.82, 2.24) is 13.7 Å². The maximum absolute atomic E-state index is 7.05. The zero-order valence-electron chi connectivity index (χ0n) is 32.1. The molecule has 0 unspecified atom stereocenters. The molecular formula is C53H33BN4O. The molecule has 6 heteroatoms. The van der Waals surface area contributed by atoms with Gasteiger partial charge < -0.3 is 23.0 Å². The van der Waals surface area contributed by atoms with Gasteiger partial charge in [0.1, 0.15) is 11.1 Å². The largest absolute Gasteiger partial charge is 0.454 e. The molecule has 0 atom stereocenters. The van der Waals surface area contributed by atoms with E-state index in [2.05, 4.69) is 208 Å². The number of para-hydroxylation sites is 6. The molecule has 5 nitrogen and oxygen atoms in total. The van der Waals surface area contributed by atoms with Crippen LogP contribution < -0.4 is 21.3 Å². The lowest BCUT2D eigenvalue weighted by atomic mass is 9.34. The topological polar surface area (TPSA) is 31.2 Å². The number of aromatic nitrogens is 3. The average molecular weight is 753 g/mol. The lowest BCUT2D eigenvalue weighted by molar-refractivity contribution is 0.673. The summed E-state index contributed by atoms with van der Waals surface area (Å²) in [6, 6.07) is 66.3. The molecule has 0 saturated heterocycles. The Morgan fingerprint density at radius 2 is 1.07 bits per heavy atom. The lowest BCUT2D eigenvalue weighted by Crippen LogP contribution is -2.59. The van der Waals surface area contributed by atoms with E-state index in [4.69, 9.17) is 4.42 Å². The fourth-order valence-corrected chi connectivity index (χ4v) is 10.9. The van der Waals surface area contributed by atoms with Gasteiger partial charge >= 0.3 is 0 Å². The Morgan fingerprint density at radius 1 is 0.475 bits per heavy atom. The first-order valence-electron chi connectivity index (χ1n) is 20.4. The van der Waals surface area contributed by atoms with Gasteiger partial charge in [0.05, 0.1) is 38.7 Å². The molecule has 2 aliphatic heterocycles. The van der Waals surface area contributed by atoms with E-state index in [1.54, 1.807) is 0 Å². The fourth-order valence-electron chi connectivity index (χ4n) is 10.9. The fraction of sp³-hybridized carbons (Fsp3) is 0.0189. The first-order chi connectivity index (χ1) is 29.2. The van der Waals surface area contributed by atoms with Gasteiger partial charge in [0.25, 0.3) is 6.71 Å². The summed E-state index contributed by atoms with van der Waals surface area (Å²) in [6.07, 6.45) is 0. The number of hydrogen-bond donors (Lipinski definition) is 0. The van der Waals surface area contributed by atoms with E-state index < -0.39 is 0 Å². The predicted octanol–water partition coefficient (Wildman–Crippen LogP) is 11.5. The lowest BCUT2D eigenvalue weighted by Gasteiger charge is -2.34. The summed E-state index contributed by atoms with van der Waals surface area (Å²) in [5.74, 6) is 0. The summed E-state index contributed by atoms with van der Waals surface area (Å²) >= 11 is 0. The number of rotatable bonds is 4. The highest BCUT2D eigenvalue weighted by molar-refractivity contribution is 7.00. The van der Waals surface area contributed by atoms with E-state index >= 15 is 0 Å². The molecule has 12 aromatic rings. The Kier molecular flexibility index (Phi) is 5.98. The van der Waals surface area contributed by atoms with Crippen molar-refractivity contribution in [1.29, 1.82) is 0 Å². The average Bonchev–Trinajstić information content (AvgIpc) is 4.02. The predicted molar refractivity (Wildman–Crippen MR) is 246 cm³/mol. The monoisotopic (exact) mass is 752 g/mol. The third-order valence-corrected chi connectivity index (χ3v) is 13.0. The van der Waals surface area contributed by atoms with Crippen LogP contribution in [0.25, 0.3) is 82.9 Å². The van der Waals surface area contributed by atoms with Crippen LogP contribution in [-0.2, 0) is 0 Å². The van der Waals surface area contributed by atoms with Gasteiger partial charge in [0.2, 0.25) is 0 Å². The maximum atomic E-state index is 7.05. The van der Waals surface area contributed by atoms with Crippen molar-refractivity contribution in [2.75, 3.05) is 4.90 Å². The van der Waals surface area contributed by atoms with Gasteiger partial charge in [-0.2, -0.15) is 0 Å². The summed E-state index contributed by atoms with van der Waals surface area (Å²) in [6.45, 7) is 2.25. The molecule has 0 amide bonds. The number of furan rings is 1. The molecule has 4 aromatic heterocycles. The molecule has 0 bridgehead atoms. The number of aryl methyl sites for hydroxylation is 1. The van der Waals surface area contributed by atoms with Gasteiger partial charge in [0, 0.05) is 44.6 Å². The molecule has 0 spiro atoms. The Hall–Kier alpha value is -7.70. The smallest absolute Gasteiger partial charge is 0.252 e. The summed E-state index contributed by atoms with van der Waals surface area (Å²) in [5.41, 5.74) is 21.2. The van der Waals surface area contributed by atoms with Gasteiger partial charge in [-0.1, -0.05) is 109 Å². The number of anilines is 3. The quantitative estimate of drug-likeness (QED) is 0.168. The van der Waals surface area contributed by atoms with Crippen molar-refractivity contribution >= 4 is 106 Å². The van der Waals surface area contributed by atoms with Crippen molar-refractivity contribution < 1.29 is 4.42 Å². The van der Waals surface area contributed by atoms with Crippen molar-refractivity contribution in [3.63, 3.8) is 0 Å². The summed E-state index contributed by atoms with van der Waals surface area (Å²) in [7, 11) is 0. The van der Waals surface area contributed by atoms with Gasteiger partial charge in [-0.25, -0.2) is 0 Å². The van der Waals surface area contributed by atoms with E-state index in [-0.39, 0.29) is 6.71 Å². The van der Waals surface area contributed by atoms with Crippen LogP contribution in [0.5, 0.6) is 0 Å². The normalized spacial score (nSPS) is 12.8. The van der Waals surface area contributed by atoms with Crippen LogP contribution >= 0.6 is 0 Å². The molecule has 59 heavy (non-hydrogen) atoms. The van der Waals surface area contributed by atoms with Crippen LogP contribution in [0.1, 0.15) is 5.56 Å². The van der Waals surface area contributed by atoms with Crippen LogP contribution in [0.4, 0.5) is 17.1 Å². The minimum atomic E-state index is 0.00321. The molecule has 8 aromatic carbocycles. The molecule has 0 radical (unpaired) electrons. The SMILES string of the molecule is Cc1cc2c3c(c1)-n1c4c(cccc4c4c1c1ccccc1n4-c1ccccc1)B3c1ccc(N(c3ccccc3)c3ccccc3)c3c4oc5ccccc5c4n-2c13. The highest BCUT2D eigenvalue weighted by atomic mass is 16.3. The number of nitrogens with zero attached hydrogens (tertiary/aromatic N) is 4. The maximum Gasteiger partial charge on any atom is 0.252 e. The minimum Gasteiger partial charge on any atom is -0.454 e. The zero-order chi connectivity index (χ0) is 38.5. The van der Waals surface area contributed by atoms with Crippen LogP contribution in [0.2, 0.25) is 0 Å². The standard InChI is InChI=1S/C53H33BN4O/c1-32-30-43-47-44(31-32)58-51-37-23-12-14-27-45(37)59-53(51)46-42(55(33-16-5-2-6-17-33)34-18-7-3-8-19-34)29-28-40(52(46)58)54(47)39-25-15-24-38-48(39)57(43)49-36-22-11-13-26-41(36)56(50(38)49)35-20-9-4-10-21-35/h2-31H,1H3. The summed E-state index contributed by atoms with van der Waals surface area (Å²) in [5, 5.41) is 4.74. The molecule has 0 saturated carbocycles. The molecule has 0 N–H and O–H groups in total. The Bertz CT molecular complexity index is 3700. The first-order valence-corrected chi connectivity index (χ1v) is 20.4. The zero-order valence-corrected chi connectivity index (χ0v) is 32.1. The van der Waals surface area contributed by atoms with Crippen molar-refractivity contribution in [3.05, 3.63) is 188 Å². The van der Waals surface area contributed by atoms with Crippen molar-refractivity contribution in [3.8, 4) is 17.1 Å². The number of benzene rings is 8. The molecule has 0 aliphatic carbocycles. The van der Waals surface area contributed by atoms with E-state index in [0.717, 1.165) is 50.2 Å². The molecule has 274 valence electrons. The number of fused-ring (bicyclic) bond motifs is 14. The van der Waals surface area contributed by atoms with Gasteiger partial charge in [-0.3, -0.25) is 0 Å². The second-order valence-electron chi connectivity index (χ2n) is 16.1. The molecule has 6 heterocycles. The second kappa shape index (κ2) is 11.2. The van der Waals surface area contributed by atoms with E-state index in [9.17, 15) is 0 Å². The van der Waals surface area contributed by atoms with Crippen LogP contribution in [0.15, 0.2) is 186 Å². The first kappa shape index (κ1) is 31.4. The third kappa shape index (κ3) is 3.91. The third-order valence-electron chi connectivity index (χ3n) is 13.0. The molecule has 0 fully saturated rings. The van der Waals surface area contributed by atoms with Gasteiger partial charge in [-0.05, 0) is 102 Å². The highest BCUT2D eigenvalue weighted by Gasteiger charge is 2.43. The van der Waals surface area contributed by atoms with Crippen LogP contribution in [0, 0.1) is 6.92 Å². The Balaban J connectivity index is 1.17. The van der Waals surface area contributed by atoms with Crippen LogP contribution in [-0.4, -0.2) is 20.4 Å². The van der Waals surface area contributed by atoms with Gasteiger partial charge in [-0.15, -0.1) is 0 Å². The highest BCUT2D eigenvalue weighted by Crippen LogP contribution is 2.48. The van der Waals surface area contributed by atoms with Gasteiger partial charge in [0.15, 0.2) is 5.58 Å². The van der Waals surface area contributed by atoms with Crippen LogP contribution in [0.3, 0.4) is 0 Å². The molecule has 2 aliphatic rings. The summed E-state index contributed by atoms with van der Waals surface area (Å²) < 4.78 is 14.7. The van der Waals surface area contributed by atoms with E-state index in [1.165, 1.54) is 71.7 Å². The van der Waals surface area contributed by atoms with Crippen molar-refractivity contribution in [2.45, 2.75) is 6.92 Å². The Labute approximate surface area is 339 Å². The van der Waals surface area contributed by atoms with E-state index in [0.29, 0.717) is 0 Å². The minimum absolute atomic E-state index is 0.00321.